The van der Waals surface area contributed by atoms with Crippen molar-refractivity contribution in [1.29, 1.82) is 0 Å². The Bertz CT molecular complexity index is 484. The first kappa shape index (κ1) is 12.2. The van der Waals surface area contributed by atoms with Gasteiger partial charge in [0.15, 0.2) is 0 Å². The van der Waals surface area contributed by atoms with Gasteiger partial charge in [-0.2, -0.15) is 0 Å². The summed E-state index contributed by atoms with van der Waals surface area (Å²) in [7, 11) is 1.96. The van der Waals surface area contributed by atoms with Crippen molar-refractivity contribution in [2.24, 2.45) is 0 Å². The third kappa shape index (κ3) is 2.53. The smallest absolute Gasteiger partial charge is 0.0695 e. The average Bonchev–Trinajstić information content (AvgIpc) is 2.67. The summed E-state index contributed by atoms with van der Waals surface area (Å²) < 4.78 is 2.13. The van der Waals surface area contributed by atoms with Crippen LogP contribution in [0.1, 0.15) is 16.5 Å². The predicted octanol–water partition coefficient (Wildman–Crippen LogP) is 3.98. The van der Waals surface area contributed by atoms with Crippen LogP contribution in [0.5, 0.6) is 0 Å². The van der Waals surface area contributed by atoms with Gasteiger partial charge < -0.3 is 5.32 Å². The molecule has 2 rings (SSSR count). The lowest BCUT2D eigenvalue weighted by Crippen LogP contribution is -2.17. The molecule has 0 aliphatic carbocycles. The van der Waals surface area contributed by atoms with Crippen molar-refractivity contribution in [2.75, 3.05) is 7.05 Å². The molecule has 0 radical (unpaired) electrons. The Balaban J connectivity index is 2.40. The molecule has 1 atom stereocenters. The van der Waals surface area contributed by atoms with Crippen LogP contribution in [-0.4, -0.2) is 12.0 Å². The Morgan fingerprint density at radius 3 is 2.75 bits per heavy atom. The first-order chi connectivity index (χ1) is 7.72. The lowest BCUT2D eigenvalue weighted by molar-refractivity contribution is 0.698. The molecule has 0 aliphatic heterocycles. The van der Waals surface area contributed by atoms with Gasteiger partial charge in [0.2, 0.25) is 0 Å². The topological polar surface area (TPSA) is 24.9 Å². The van der Waals surface area contributed by atoms with Crippen LogP contribution in [0.15, 0.2) is 38.9 Å². The van der Waals surface area contributed by atoms with Gasteiger partial charge in [-0.25, -0.2) is 0 Å². The number of nitrogens with zero attached hydrogens (tertiary/aromatic N) is 1. The predicted molar refractivity (Wildman–Crippen MR) is 74.9 cm³/mol. The largest absolute Gasteiger partial charge is 0.309 e. The molecule has 84 valence electrons. The fourth-order valence-corrected chi connectivity index (χ4v) is 3.67. The second-order valence-corrected chi connectivity index (χ2v) is 6.01. The van der Waals surface area contributed by atoms with Gasteiger partial charge in [-0.15, -0.1) is 11.3 Å². The number of aromatic nitrogens is 1. The SMILES string of the molecule is CNC(c1cncc(Br)c1)c1sccc1Br. The summed E-state index contributed by atoms with van der Waals surface area (Å²) in [4.78, 5) is 5.46. The zero-order valence-electron chi connectivity index (χ0n) is 8.58. The lowest BCUT2D eigenvalue weighted by Gasteiger charge is -2.15. The van der Waals surface area contributed by atoms with Crippen molar-refractivity contribution < 1.29 is 0 Å². The molecule has 0 spiro atoms. The van der Waals surface area contributed by atoms with Crippen LogP contribution >= 0.6 is 43.2 Å². The molecule has 5 heteroatoms. The van der Waals surface area contributed by atoms with E-state index in [1.807, 2.05) is 13.2 Å². The van der Waals surface area contributed by atoms with Crippen LogP contribution in [0.4, 0.5) is 0 Å². The fraction of sp³-hybridized carbons (Fsp3) is 0.182. The van der Waals surface area contributed by atoms with Gasteiger partial charge >= 0.3 is 0 Å². The van der Waals surface area contributed by atoms with Crippen LogP contribution in [0.2, 0.25) is 0 Å². The average molecular weight is 362 g/mol. The number of hydrogen-bond acceptors (Lipinski definition) is 3. The van der Waals surface area contributed by atoms with E-state index in [0.717, 1.165) is 14.5 Å². The summed E-state index contributed by atoms with van der Waals surface area (Å²) in [5.74, 6) is 0. The molecular formula is C11H10Br2N2S. The van der Waals surface area contributed by atoms with Gasteiger partial charge in [0.1, 0.15) is 0 Å². The van der Waals surface area contributed by atoms with Gasteiger partial charge in [-0.3, -0.25) is 4.98 Å². The van der Waals surface area contributed by atoms with Gasteiger partial charge in [0, 0.05) is 26.2 Å². The van der Waals surface area contributed by atoms with E-state index in [4.69, 9.17) is 0 Å². The maximum Gasteiger partial charge on any atom is 0.0695 e. The van der Waals surface area contributed by atoms with Crippen LogP contribution in [0.25, 0.3) is 0 Å². The second-order valence-electron chi connectivity index (χ2n) is 3.29. The minimum absolute atomic E-state index is 0.180. The molecule has 16 heavy (non-hydrogen) atoms. The minimum Gasteiger partial charge on any atom is -0.309 e. The maximum atomic E-state index is 4.20. The van der Waals surface area contributed by atoms with Gasteiger partial charge in [0.25, 0.3) is 0 Å². The van der Waals surface area contributed by atoms with E-state index in [-0.39, 0.29) is 6.04 Å². The van der Waals surface area contributed by atoms with E-state index in [0.29, 0.717) is 0 Å². The molecule has 2 nitrogen and oxygen atoms in total. The van der Waals surface area contributed by atoms with Crippen molar-refractivity contribution in [3.8, 4) is 0 Å². The Hall–Kier alpha value is -0.230. The number of thiophene rings is 1. The molecule has 2 aromatic heterocycles. The molecule has 0 amide bonds. The molecule has 2 heterocycles. The molecule has 0 aliphatic rings. The van der Waals surface area contributed by atoms with Crippen LogP contribution in [-0.2, 0) is 0 Å². The first-order valence-electron chi connectivity index (χ1n) is 4.73. The van der Waals surface area contributed by atoms with Crippen LogP contribution in [0.3, 0.4) is 0 Å². The molecule has 1 N–H and O–H groups in total. The summed E-state index contributed by atoms with van der Waals surface area (Å²) in [6.07, 6.45) is 3.68. The fourth-order valence-electron chi connectivity index (χ4n) is 1.55. The Morgan fingerprint density at radius 1 is 1.38 bits per heavy atom. The summed E-state index contributed by atoms with van der Waals surface area (Å²) in [6.45, 7) is 0. The van der Waals surface area contributed by atoms with E-state index >= 15 is 0 Å². The minimum atomic E-state index is 0.180. The highest BCUT2D eigenvalue weighted by molar-refractivity contribution is 9.10. The highest BCUT2D eigenvalue weighted by atomic mass is 79.9. The van der Waals surface area contributed by atoms with Crippen molar-refractivity contribution in [3.05, 3.63) is 49.3 Å². The van der Waals surface area contributed by atoms with E-state index in [1.165, 1.54) is 4.88 Å². The van der Waals surface area contributed by atoms with Gasteiger partial charge in [-0.05, 0) is 62.0 Å². The van der Waals surface area contributed by atoms with E-state index < -0.39 is 0 Å². The standard InChI is InChI=1S/C11H10Br2N2S/c1-14-10(11-9(13)2-3-16-11)7-4-8(12)6-15-5-7/h2-6,10,14H,1H3. The number of pyridine rings is 1. The van der Waals surface area contributed by atoms with Crippen molar-refractivity contribution in [3.63, 3.8) is 0 Å². The third-order valence-corrected chi connectivity index (χ3v) is 4.62. The van der Waals surface area contributed by atoms with Crippen LogP contribution < -0.4 is 5.32 Å². The van der Waals surface area contributed by atoms with E-state index in [1.54, 1.807) is 17.5 Å². The van der Waals surface area contributed by atoms with Gasteiger partial charge in [0.05, 0.1) is 6.04 Å². The summed E-state index contributed by atoms with van der Waals surface area (Å²) in [6, 6.07) is 4.33. The maximum absolute atomic E-state index is 4.20. The van der Waals surface area contributed by atoms with E-state index in [2.05, 4.69) is 59.7 Å². The van der Waals surface area contributed by atoms with Crippen LogP contribution in [0, 0.1) is 0 Å². The molecule has 0 aromatic carbocycles. The van der Waals surface area contributed by atoms with Gasteiger partial charge in [-0.1, -0.05) is 0 Å². The molecule has 0 saturated heterocycles. The van der Waals surface area contributed by atoms with Crippen molar-refractivity contribution in [2.45, 2.75) is 6.04 Å². The normalized spacial score (nSPS) is 12.7. The quantitative estimate of drug-likeness (QED) is 0.894. The summed E-state index contributed by atoms with van der Waals surface area (Å²) in [5, 5.41) is 5.39. The Morgan fingerprint density at radius 2 is 2.19 bits per heavy atom. The third-order valence-electron chi connectivity index (χ3n) is 2.25. The zero-order chi connectivity index (χ0) is 11.5. The molecule has 0 saturated carbocycles. The number of nitrogens with one attached hydrogen (secondary N) is 1. The molecule has 2 aromatic rings. The number of rotatable bonds is 3. The lowest BCUT2D eigenvalue weighted by atomic mass is 10.1. The highest BCUT2D eigenvalue weighted by Gasteiger charge is 2.16. The van der Waals surface area contributed by atoms with E-state index in [9.17, 15) is 0 Å². The Labute approximate surface area is 115 Å². The molecule has 1 unspecified atom stereocenters. The first-order valence-corrected chi connectivity index (χ1v) is 7.19. The monoisotopic (exact) mass is 360 g/mol. The zero-order valence-corrected chi connectivity index (χ0v) is 12.6. The summed E-state index contributed by atoms with van der Waals surface area (Å²) >= 11 is 8.74. The molecule has 0 bridgehead atoms. The van der Waals surface area contributed by atoms with Crippen molar-refractivity contribution in [1.82, 2.24) is 10.3 Å². The number of halogens is 2. The second kappa shape index (κ2) is 5.40. The highest BCUT2D eigenvalue weighted by Crippen LogP contribution is 2.33. The molecule has 0 fully saturated rings. The molecular weight excluding hydrogens is 352 g/mol. The Kier molecular flexibility index (Phi) is 4.13. The number of hydrogen-bond donors (Lipinski definition) is 1. The van der Waals surface area contributed by atoms with Crippen molar-refractivity contribution >= 4 is 43.2 Å². The summed E-state index contributed by atoms with van der Waals surface area (Å²) in [5.41, 5.74) is 1.15.